The Balaban J connectivity index is 1.74. The Morgan fingerprint density at radius 1 is 1.37 bits per heavy atom. The quantitative estimate of drug-likeness (QED) is 0.752. The second kappa shape index (κ2) is 7.90. The van der Waals surface area contributed by atoms with Crippen LogP contribution in [0, 0.1) is 11.8 Å². The van der Waals surface area contributed by atoms with Crippen molar-refractivity contribution in [2.75, 3.05) is 31.2 Å². The summed E-state index contributed by atoms with van der Waals surface area (Å²) >= 11 is 2.10. The number of rotatable bonds is 6. The van der Waals surface area contributed by atoms with Gasteiger partial charge < -0.3 is 10.1 Å². The lowest BCUT2D eigenvalue weighted by atomic mass is 9.78. The van der Waals surface area contributed by atoms with E-state index in [2.05, 4.69) is 30.9 Å². The lowest BCUT2D eigenvalue weighted by Gasteiger charge is -2.44. The summed E-state index contributed by atoms with van der Waals surface area (Å²) in [4.78, 5) is 0. The molecule has 0 saturated carbocycles. The zero-order valence-electron chi connectivity index (χ0n) is 12.7. The highest BCUT2D eigenvalue weighted by molar-refractivity contribution is 7.99. The van der Waals surface area contributed by atoms with Crippen LogP contribution in [0.4, 0.5) is 0 Å². The molecule has 0 radical (unpaired) electrons. The van der Waals surface area contributed by atoms with Crippen molar-refractivity contribution in [1.82, 2.24) is 5.32 Å². The molecule has 0 aliphatic carbocycles. The van der Waals surface area contributed by atoms with E-state index in [0.29, 0.717) is 0 Å². The third kappa shape index (κ3) is 4.95. The molecule has 0 aromatic rings. The van der Waals surface area contributed by atoms with E-state index < -0.39 is 0 Å². The molecule has 2 unspecified atom stereocenters. The molecule has 2 aliphatic heterocycles. The molecule has 2 rings (SSSR count). The van der Waals surface area contributed by atoms with E-state index in [0.717, 1.165) is 18.4 Å². The molecule has 0 amide bonds. The zero-order valence-corrected chi connectivity index (χ0v) is 13.6. The maximum atomic E-state index is 6.19. The van der Waals surface area contributed by atoms with Gasteiger partial charge in [0.25, 0.3) is 0 Å². The van der Waals surface area contributed by atoms with Gasteiger partial charge in [0, 0.05) is 6.61 Å². The second-order valence-corrected chi connectivity index (χ2v) is 7.77. The van der Waals surface area contributed by atoms with E-state index in [1.165, 1.54) is 63.1 Å². The lowest BCUT2D eigenvalue weighted by Crippen LogP contribution is -2.43. The number of ether oxygens (including phenoxy) is 1. The highest BCUT2D eigenvalue weighted by Gasteiger charge is 2.38. The number of hydrogen-bond donors (Lipinski definition) is 1. The third-order valence-corrected chi connectivity index (χ3v) is 5.64. The summed E-state index contributed by atoms with van der Waals surface area (Å²) in [7, 11) is 0. The van der Waals surface area contributed by atoms with Crippen LogP contribution in [-0.2, 0) is 4.74 Å². The van der Waals surface area contributed by atoms with Crippen molar-refractivity contribution >= 4 is 11.8 Å². The Hall–Kier alpha value is 0.270. The SMILES string of the molecule is CCCNCC(C)CC1CCOC2(CCSCC2)C1. The summed E-state index contributed by atoms with van der Waals surface area (Å²) in [6.45, 7) is 8.00. The smallest absolute Gasteiger partial charge is 0.0700 e. The van der Waals surface area contributed by atoms with Gasteiger partial charge in [0.05, 0.1) is 5.60 Å². The molecule has 0 bridgehead atoms. The number of hydrogen-bond acceptors (Lipinski definition) is 3. The fourth-order valence-electron chi connectivity index (χ4n) is 3.60. The molecule has 2 saturated heterocycles. The van der Waals surface area contributed by atoms with Gasteiger partial charge in [-0.3, -0.25) is 0 Å². The van der Waals surface area contributed by atoms with Crippen molar-refractivity contribution in [2.45, 2.75) is 58.0 Å². The van der Waals surface area contributed by atoms with E-state index in [4.69, 9.17) is 4.74 Å². The van der Waals surface area contributed by atoms with Crippen LogP contribution in [0.2, 0.25) is 0 Å². The third-order valence-electron chi connectivity index (χ3n) is 4.65. The van der Waals surface area contributed by atoms with Crippen LogP contribution < -0.4 is 5.32 Å². The molecule has 2 atom stereocenters. The maximum Gasteiger partial charge on any atom is 0.0700 e. The van der Waals surface area contributed by atoms with Crippen LogP contribution in [0.1, 0.15) is 52.4 Å². The van der Waals surface area contributed by atoms with Crippen LogP contribution in [0.15, 0.2) is 0 Å². The summed E-state index contributed by atoms with van der Waals surface area (Å²) in [5.41, 5.74) is 0.269. The summed E-state index contributed by atoms with van der Waals surface area (Å²) in [5.74, 6) is 4.32. The highest BCUT2D eigenvalue weighted by atomic mass is 32.2. The standard InChI is InChI=1S/C16H31NOS/c1-3-7-17-13-14(2)11-15-4-8-18-16(12-15)5-9-19-10-6-16/h14-15,17H,3-13H2,1-2H3. The van der Waals surface area contributed by atoms with Gasteiger partial charge in [0.15, 0.2) is 0 Å². The van der Waals surface area contributed by atoms with E-state index in [1.807, 2.05) is 0 Å². The molecule has 112 valence electrons. The summed E-state index contributed by atoms with van der Waals surface area (Å²) < 4.78 is 6.19. The molecule has 0 aromatic heterocycles. The van der Waals surface area contributed by atoms with Crippen molar-refractivity contribution < 1.29 is 4.74 Å². The first-order valence-corrected chi connectivity index (χ1v) is 9.32. The van der Waals surface area contributed by atoms with Crippen LogP contribution in [0.5, 0.6) is 0 Å². The molecule has 1 spiro atoms. The Morgan fingerprint density at radius 3 is 2.89 bits per heavy atom. The summed E-state index contributed by atoms with van der Waals surface area (Å²) in [6.07, 6.45) is 7.81. The van der Waals surface area contributed by atoms with Gasteiger partial charge >= 0.3 is 0 Å². The largest absolute Gasteiger partial charge is 0.375 e. The van der Waals surface area contributed by atoms with E-state index in [9.17, 15) is 0 Å². The van der Waals surface area contributed by atoms with Gasteiger partial charge in [-0.2, -0.15) is 11.8 Å². The molecule has 2 fully saturated rings. The predicted octanol–water partition coefficient (Wildman–Crippen LogP) is 3.70. The van der Waals surface area contributed by atoms with Gasteiger partial charge in [-0.15, -0.1) is 0 Å². The normalized spacial score (nSPS) is 28.4. The molecule has 3 heteroatoms. The van der Waals surface area contributed by atoms with E-state index >= 15 is 0 Å². The van der Waals surface area contributed by atoms with Crippen LogP contribution in [0.3, 0.4) is 0 Å². The minimum Gasteiger partial charge on any atom is -0.375 e. The van der Waals surface area contributed by atoms with Gasteiger partial charge in [-0.25, -0.2) is 0 Å². The second-order valence-electron chi connectivity index (χ2n) is 6.55. The van der Waals surface area contributed by atoms with E-state index in [-0.39, 0.29) is 5.60 Å². The Bertz CT molecular complexity index is 248. The summed E-state index contributed by atoms with van der Waals surface area (Å²) in [5, 5.41) is 3.56. The van der Waals surface area contributed by atoms with Crippen LogP contribution >= 0.6 is 11.8 Å². The monoisotopic (exact) mass is 285 g/mol. The molecule has 19 heavy (non-hydrogen) atoms. The number of nitrogens with one attached hydrogen (secondary N) is 1. The van der Waals surface area contributed by atoms with Gasteiger partial charge in [0.1, 0.15) is 0 Å². The van der Waals surface area contributed by atoms with Crippen molar-refractivity contribution in [3.8, 4) is 0 Å². The first-order chi connectivity index (χ1) is 9.24. The number of thioether (sulfide) groups is 1. The molecule has 2 aliphatic rings. The van der Waals surface area contributed by atoms with Crippen molar-refractivity contribution in [1.29, 1.82) is 0 Å². The average Bonchev–Trinajstić information content (AvgIpc) is 2.40. The Labute approximate surface area is 123 Å². The molecule has 1 N–H and O–H groups in total. The summed E-state index contributed by atoms with van der Waals surface area (Å²) in [6, 6.07) is 0. The fourth-order valence-corrected chi connectivity index (χ4v) is 4.84. The predicted molar refractivity (Wildman–Crippen MR) is 84.9 cm³/mol. The first kappa shape index (κ1) is 15.7. The highest BCUT2D eigenvalue weighted by Crippen LogP contribution is 2.41. The first-order valence-electron chi connectivity index (χ1n) is 8.16. The molecule has 2 nitrogen and oxygen atoms in total. The minimum atomic E-state index is 0.269. The Morgan fingerprint density at radius 2 is 2.16 bits per heavy atom. The van der Waals surface area contributed by atoms with Crippen LogP contribution in [-0.4, -0.2) is 36.8 Å². The topological polar surface area (TPSA) is 21.3 Å². The molecule has 0 aromatic carbocycles. The average molecular weight is 285 g/mol. The van der Waals surface area contributed by atoms with Gasteiger partial charge in [-0.1, -0.05) is 13.8 Å². The molecule has 2 heterocycles. The Kier molecular flexibility index (Phi) is 6.51. The van der Waals surface area contributed by atoms with Gasteiger partial charge in [0.2, 0.25) is 0 Å². The van der Waals surface area contributed by atoms with Crippen LogP contribution in [0.25, 0.3) is 0 Å². The van der Waals surface area contributed by atoms with Gasteiger partial charge in [-0.05, 0) is 75.0 Å². The zero-order chi connectivity index (χ0) is 13.6. The maximum absolute atomic E-state index is 6.19. The minimum absolute atomic E-state index is 0.269. The molecular weight excluding hydrogens is 254 g/mol. The fraction of sp³-hybridized carbons (Fsp3) is 1.00. The van der Waals surface area contributed by atoms with E-state index in [1.54, 1.807) is 0 Å². The van der Waals surface area contributed by atoms with Crippen molar-refractivity contribution in [2.24, 2.45) is 11.8 Å². The van der Waals surface area contributed by atoms with Crippen molar-refractivity contribution in [3.05, 3.63) is 0 Å². The molecular formula is C16H31NOS. The van der Waals surface area contributed by atoms with Crippen molar-refractivity contribution in [3.63, 3.8) is 0 Å². The lowest BCUT2D eigenvalue weighted by molar-refractivity contribution is -0.104.